The van der Waals surface area contributed by atoms with Crippen molar-refractivity contribution in [3.63, 3.8) is 0 Å². The molecule has 0 aliphatic carbocycles. The zero-order valence-corrected chi connectivity index (χ0v) is 15.0. The Hall–Kier alpha value is -2.89. The van der Waals surface area contributed by atoms with Crippen LogP contribution in [0.25, 0.3) is 0 Å². The summed E-state index contributed by atoms with van der Waals surface area (Å²) < 4.78 is 0. The Labute approximate surface area is 147 Å². The number of carbonyl (C=O) groups excluding carboxylic acids is 1. The summed E-state index contributed by atoms with van der Waals surface area (Å²) in [6.45, 7) is 4.55. The third kappa shape index (κ3) is 4.35. The van der Waals surface area contributed by atoms with E-state index in [1.54, 1.807) is 24.0 Å². The molecule has 0 heterocycles. The Morgan fingerprint density at radius 2 is 1.76 bits per heavy atom. The number of aryl methyl sites for hydroxylation is 1. The second kappa shape index (κ2) is 7.79. The summed E-state index contributed by atoms with van der Waals surface area (Å²) in [6, 6.07) is 12.6. The van der Waals surface area contributed by atoms with Crippen molar-refractivity contribution in [3.05, 3.63) is 69.3 Å². The first-order chi connectivity index (χ1) is 11.8. The Morgan fingerprint density at radius 3 is 2.28 bits per heavy atom. The first-order valence-electron chi connectivity index (χ1n) is 8.14. The minimum atomic E-state index is -0.456. The van der Waals surface area contributed by atoms with Gasteiger partial charge in [0, 0.05) is 50.1 Å². The predicted octanol–water partition coefficient (Wildman–Crippen LogP) is 3.63. The van der Waals surface area contributed by atoms with Gasteiger partial charge in [-0.3, -0.25) is 14.9 Å². The molecule has 0 aliphatic rings. The lowest BCUT2D eigenvalue weighted by molar-refractivity contribution is -0.385. The molecule has 0 unspecified atom stereocenters. The maximum absolute atomic E-state index is 12.7. The van der Waals surface area contributed by atoms with Crippen molar-refractivity contribution in [1.82, 2.24) is 4.90 Å². The number of hydrogen-bond donors (Lipinski definition) is 0. The minimum absolute atomic E-state index is 0.0303. The Balaban J connectivity index is 2.21. The van der Waals surface area contributed by atoms with Gasteiger partial charge in [-0.1, -0.05) is 18.2 Å². The Bertz CT molecular complexity index is 770. The lowest BCUT2D eigenvalue weighted by atomic mass is 10.1. The maximum Gasteiger partial charge on any atom is 0.273 e. The maximum atomic E-state index is 12.7. The van der Waals surface area contributed by atoms with E-state index in [9.17, 15) is 14.9 Å². The van der Waals surface area contributed by atoms with Crippen LogP contribution in [-0.2, 0) is 6.54 Å². The number of rotatable bonds is 6. The van der Waals surface area contributed by atoms with Gasteiger partial charge in [0.15, 0.2) is 0 Å². The molecule has 25 heavy (non-hydrogen) atoms. The van der Waals surface area contributed by atoms with E-state index in [1.165, 1.54) is 6.07 Å². The van der Waals surface area contributed by atoms with Crippen LogP contribution in [0.5, 0.6) is 0 Å². The molecule has 0 radical (unpaired) electrons. The van der Waals surface area contributed by atoms with Crippen LogP contribution in [0, 0.1) is 17.0 Å². The van der Waals surface area contributed by atoms with Gasteiger partial charge < -0.3 is 9.80 Å². The van der Waals surface area contributed by atoms with Gasteiger partial charge in [0.05, 0.1) is 4.92 Å². The highest BCUT2D eigenvalue weighted by atomic mass is 16.6. The molecule has 0 bridgehead atoms. The van der Waals surface area contributed by atoms with Crippen LogP contribution in [-0.4, -0.2) is 36.4 Å². The van der Waals surface area contributed by atoms with E-state index in [1.807, 2.05) is 50.2 Å². The zero-order chi connectivity index (χ0) is 18.6. The fraction of sp³-hybridized carbons (Fsp3) is 0.316. The van der Waals surface area contributed by atoms with Crippen LogP contribution in [0.3, 0.4) is 0 Å². The van der Waals surface area contributed by atoms with E-state index >= 15 is 0 Å². The molecule has 0 saturated heterocycles. The molecule has 6 nitrogen and oxygen atoms in total. The average Bonchev–Trinajstić information content (AvgIpc) is 2.59. The molecule has 0 fully saturated rings. The molecule has 0 saturated carbocycles. The van der Waals surface area contributed by atoms with Crippen LogP contribution < -0.4 is 4.90 Å². The van der Waals surface area contributed by atoms with E-state index in [0.29, 0.717) is 24.2 Å². The summed E-state index contributed by atoms with van der Waals surface area (Å²) >= 11 is 0. The summed E-state index contributed by atoms with van der Waals surface area (Å²) in [5.41, 5.74) is 2.96. The van der Waals surface area contributed by atoms with Crippen LogP contribution >= 0.6 is 0 Å². The molecule has 1 amide bonds. The Kier molecular flexibility index (Phi) is 5.75. The van der Waals surface area contributed by atoms with Crippen molar-refractivity contribution in [2.45, 2.75) is 20.4 Å². The van der Waals surface area contributed by atoms with E-state index in [4.69, 9.17) is 0 Å². The number of benzene rings is 2. The lowest BCUT2D eigenvalue weighted by Gasteiger charge is -2.22. The number of anilines is 1. The van der Waals surface area contributed by atoms with Crippen molar-refractivity contribution >= 4 is 17.3 Å². The first-order valence-corrected chi connectivity index (χ1v) is 8.14. The second-order valence-corrected chi connectivity index (χ2v) is 6.14. The summed E-state index contributed by atoms with van der Waals surface area (Å²) in [7, 11) is 3.95. The van der Waals surface area contributed by atoms with Gasteiger partial charge in [-0.15, -0.1) is 0 Å². The molecular weight excluding hydrogens is 318 g/mol. The molecule has 0 atom stereocenters. The molecule has 0 spiro atoms. The quantitative estimate of drug-likeness (QED) is 0.594. The number of carbonyl (C=O) groups is 1. The number of hydrogen-bond acceptors (Lipinski definition) is 4. The highest BCUT2D eigenvalue weighted by molar-refractivity contribution is 5.95. The minimum Gasteiger partial charge on any atom is -0.378 e. The van der Waals surface area contributed by atoms with Crippen LogP contribution in [0.1, 0.15) is 28.4 Å². The number of nitro benzene ring substituents is 1. The molecule has 132 valence electrons. The molecule has 0 aliphatic heterocycles. The number of amides is 1. The molecule has 2 rings (SSSR count). The highest BCUT2D eigenvalue weighted by Gasteiger charge is 2.19. The summed E-state index contributed by atoms with van der Waals surface area (Å²) in [4.78, 5) is 27.1. The van der Waals surface area contributed by atoms with Gasteiger partial charge >= 0.3 is 0 Å². The summed E-state index contributed by atoms with van der Waals surface area (Å²) in [5.74, 6) is -0.206. The normalized spacial score (nSPS) is 10.4. The van der Waals surface area contributed by atoms with Gasteiger partial charge in [0.1, 0.15) is 0 Å². The van der Waals surface area contributed by atoms with Crippen LogP contribution in [0.15, 0.2) is 42.5 Å². The molecule has 6 heteroatoms. The molecule has 0 aromatic heterocycles. The van der Waals surface area contributed by atoms with Gasteiger partial charge in [0.2, 0.25) is 0 Å². The van der Waals surface area contributed by atoms with E-state index < -0.39 is 4.92 Å². The molecule has 2 aromatic carbocycles. The molecular formula is C19H23N3O3. The van der Waals surface area contributed by atoms with E-state index in [2.05, 4.69) is 0 Å². The fourth-order valence-electron chi connectivity index (χ4n) is 2.57. The van der Waals surface area contributed by atoms with E-state index in [-0.39, 0.29) is 11.6 Å². The first kappa shape index (κ1) is 18.4. The van der Waals surface area contributed by atoms with Gasteiger partial charge in [-0.25, -0.2) is 0 Å². The standard InChI is InChI=1S/C19H23N3O3/c1-5-21(13-15-7-10-17(11-8-15)20(3)4)19(23)16-9-6-14(2)18(12-16)22(24)25/h6-12H,5,13H2,1-4H3. The second-order valence-electron chi connectivity index (χ2n) is 6.14. The lowest BCUT2D eigenvalue weighted by Crippen LogP contribution is -2.30. The zero-order valence-electron chi connectivity index (χ0n) is 15.0. The SMILES string of the molecule is CCN(Cc1ccc(N(C)C)cc1)C(=O)c1ccc(C)c([N+](=O)[O-])c1. The molecule has 0 N–H and O–H groups in total. The summed E-state index contributed by atoms with van der Waals surface area (Å²) in [6.07, 6.45) is 0. The third-order valence-corrected chi connectivity index (χ3v) is 4.15. The van der Waals surface area contributed by atoms with Crippen molar-refractivity contribution in [2.75, 3.05) is 25.5 Å². The van der Waals surface area contributed by atoms with Crippen molar-refractivity contribution < 1.29 is 9.72 Å². The topological polar surface area (TPSA) is 66.7 Å². The smallest absolute Gasteiger partial charge is 0.273 e. The van der Waals surface area contributed by atoms with Crippen molar-refractivity contribution in [3.8, 4) is 0 Å². The van der Waals surface area contributed by atoms with Crippen molar-refractivity contribution in [2.24, 2.45) is 0 Å². The largest absolute Gasteiger partial charge is 0.378 e. The van der Waals surface area contributed by atoms with Gasteiger partial charge in [-0.2, -0.15) is 0 Å². The monoisotopic (exact) mass is 341 g/mol. The Morgan fingerprint density at radius 1 is 1.12 bits per heavy atom. The van der Waals surface area contributed by atoms with Crippen LogP contribution in [0.4, 0.5) is 11.4 Å². The molecule has 2 aromatic rings. The third-order valence-electron chi connectivity index (χ3n) is 4.15. The number of nitro groups is 1. The number of nitrogens with zero attached hydrogens (tertiary/aromatic N) is 3. The van der Waals surface area contributed by atoms with Gasteiger partial charge in [0.25, 0.3) is 11.6 Å². The van der Waals surface area contributed by atoms with Gasteiger partial charge in [-0.05, 0) is 37.6 Å². The summed E-state index contributed by atoms with van der Waals surface area (Å²) in [5, 5.41) is 11.1. The van der Waals surface area contributed by atoms with E-state index in [0.717, 1.165) is 11.3 Å². The average molecular weight is 341 g/mol. The predicted molar refractivity (Wildman–Crippen MR) is 99.0 cm³/mol. The fourth-order valence-corrected chi connectivity index (χ4v) is 2.57. The van der Waals surface area contributed by atoms with Crippen LogP contribution in [0.2, 0.25) is 0 Å². The highest BCUT2D eigenvalue weighted by Crippen LogP contribution is 2.21. The van der Waals surface area contributed by atoms with Crippen molar-refractivity contribution in [1.29, 1.82) is 0 Å².